The molecule has 0 saturated carbocycles. The minimum absolute atomic E-state index is 0.00183. The highest BCUT2D eigenvalue weighted by Crippen LogP contribution is 2.28. The molecule has 5 heteroatoms. The Bertz CT molecular complexity index is 882. The molecule has 0 aliphatic carbocycles. The summed E-state index contributed by atoms with van der Waals surface area (Å²) in [6.45, 7) is 8.59. The summed E-state index contributed by atoms with van der Waals surface area (Å²) in [5.74, 6) is 0.400. The van der Waals surface area contributed by atoms with Crippen LogP contribution in [0.1, 0.15) is 33.3 Å². The van der Waals surface area contributed by atoms with Gasteiger partial charge in [0, 0.05) is 12.8 Å². The van der Waals surface area contributed by atoms with Crippen LogP contribution in [0.4, 0.5) is 0 Å². The van der Waals surface area contributed by atoms with Gasteiger partial charge in [-0.3, -0.25) is 4.79 Å². The summed E-state index contributed by atoms with van der Waals surface area (Å²) in [4.78, 5) is 12.8. The predicted octanol–water partition coefficient (Wildman–Crippen LogP) is 3.81. The molecule has 2 aromatic rings. The third-order valence-electron chi connectivity index (χ3n) is 4.44. The highest BCUT2D eigenvalue weighted by Gasteiger charge is 2.29. The number of sulfone groups is 1. The van der Waals surface area contributed by atoms with E-state index >= 15 is 0 Å². The molecule has 0 aliphatic heterocycles. The maximum atomic E-state index is 12.5. The quantitative estimate of drug-likeness (QED) is 0.837. The average molecular weight is 374 g/mol. The predicted molar refractivity (Wildman–Crippen MR) is 106 cm³/mol. The number of hydrogen-bond donors (Lipinski definition) is 1. The highest BCUT2D eigenvalue weighted by atomic mass is 32.2. The second-order valence-corrected chi connectivity index (χ2v) is 9.62. The molecule has 1 N–H and O–H groups in total. The Morgan fingerprint density at radius 1 is 1.04 bits per heavy atom. The number of benzene rings is 2. The molecule has 0 fully saturated rings. The van der Waals surface area contributed by atoms with E-state index in [1.54, 1.807) is 18.2 Å². The highest BCUT2D eigenvalue weighted by molar-refractivity contribution is 7.90. The van der Waals surface area contributed by atoms with E-state index < -0.39 is 15.3 Å². The second-order valence-electron chi connectivity index (χ2n) is 7.61. The zero-order valence-electron chi connectivity index (χ0n) is 16.0. The molecule has 0 saturated heterocycles. The molecule has 2 rings (SSSR count). The summed E-state index contributed by atoms with van der Waals surface area (Å²) in [6.07, 6.45) is 1.20. The fourth-order valence-electron chi connectivity index (χ4n) is 2.63. The first-order valence-corrected chi connectivity index (χ1v) is 10.6. The van der Waals surface area contributed by atoms with Gasteiger partial charge in [-0.1, -0.05) is 50.2 Å². The summed E-state index contributed by atoms with van der Waals surface area (Å²) in [5.41, 5.74) is 2.03. The van der Waals surface area contributed by atoms with Gasteiger partial charge in [0.25, 0.3) is 0 Å². The number of amides is 1. The van der Waals surface area contributed by atoms with Crippen LogP contribution in [-0.2, 0) is 20.0 Å². The first-order valence-electron chi connectivity index (χ1n) is 8.71. The summed E-state index contributed by atoms with van der Waals surface area (Å²) >= 11 is 0. The molecule has 0 heterocycles. The van der Waals surface area contributed by atoms with E-state index in [2.05, 4.69) is 19.2 Å². The summed E-state index contributed by atoms with van der Waals surface area (Å²) < 4.78 is 23.5. The van der Waals surface area contributed by atoms with Crippen LogP contribution >= 0.6 is 0 Å². The van der Waals surface area contributed by atoms with Gasteiger partial charge in [0.2, 0.25) is 5.91 Å². The van der Waals surface area contributed by atoms with Crippen molar-refractivity contribution < 1.29 is 13.2 Å². The van der Waals surface area contributed by atoms with Crippen molar-refractivity contribution in [1.82, 2.24) is 5.32 Å². The molecular weight excluding hydrogens is 346 g/mol. The van der Waals surface area contributed by atoms with E-state index in [9.17, 15) is 13.2 Å². The lowest BCUT2D eigenvalue weighted by Gasteiger charge is -2.25. The first kappa shape index (κ1) is 20.2. The van der Waals surface area contributed by atoms with Gasteiger partial charge in [0.15, 0.2) is 9.84 Å². The van der Waals surface area contributed by atoms with E-state index in [1.807, 2.05) is 44.2 Å². The molecular formula is C21H27NO3S. The minimum atomic E-state index is -3.24. The smallest absolute Gasteiger partial charge is 0.230 e. The maximum Gasteiger partial charge on any atom is 0.230 e. The van der Waals surface area contributed by atoms with E-state index in [1.165, 1.54) is 6.26 Å². The molecule has 4 nitrogen and oxygen atoms in total. The fourth-order valence-corrected chi connectivity index (χ4v) is 3.30. The molecule has 1 amide bonds. The molecule has 0 radical (unpaired) electrons. The summed E-state index contributed by atoms with van der Waals surface area (Å²) in [6, 6.07) is 14.6. The fraction of sp³-hybridized carbons (Fsp3) is 0.381. The lowest BCUT2D eigenvalue weighted by molar-refractivity contribution is -0.125. The summed E-state index contributed by atoms with van der Waals surface area (Å²) in [5, 5.41) is 2.99. The number of nitrogens with one attached hydrogen (secondary N) is 1. The van der Waals surface area contributed by atoms with Gasteiger partial charge >= 0.3 is 0 Å². The van der Waals surface area contributed by atoms with Gasteiger partial charge in [-0.05, 0) is 48.6 Å². The zero-order chi connectivity index (χ0) is 19.5. The SMILES string of the molecule is CC(C)CNC(=O)C(C)(C)c1ccc(-c2cccc(S(C)(=O)=O)c2)cc1. The Morgan fingerprint density at radius 3 is 2.19 bits per heavy atom. The van der Waals surface area contributed by atoms with Crippen molar-refractivity contribution in [3.63, 3.8) is 0 Å². The molecule has 140 valence electrons. The monoisotopic (exact) mass is 373 g/mol. The van der Waals surface area contributed by atoms with Gasteiger partial charge in [0.05, 0.1) is 10.3 Å². The summed E-state index contributed by atoms with van der Waals surface area (Å²) in [7, 11) is -3.24. The molecule has 0 unspecified atom stereocenters. The zero-order valence-corrected chi connectivity index (χ0v) is 16.9. The van der Waals surface area contributed by atoms with Crippen LogP contribution in [0.5, 0.6) is 0 Å². The molecule has 0 bridgehead atoms. The van der Waals surface area contributed by atoms with Crippen LogP contribution in [-0.4, -0.2) is 27.1 Å². The number of carbonyl (C=O) groups excluding carboxylic acids is 1. The largest absolute Gasteiger partial charge is 0.355 e. The normalized spacial score (nSPS) is 12.2. The van der Waals surface area contributed by atoms with Gasteiger partial charge in [-0.2, -0.15) is 0 Å². The average Bonchev–Trinajstić information content (AvgIpc) is 2.59. The van der Waals surface area contributed by atoms with Gasteiger partial charge in [0.1, 0.15) is 0 Å². The van der Waals surface area contributed by atoms with E-state index in [-0.39, 0.29) is 5.91 Å². The number of rotatable bonds is 6. The van der Waals surface area contributed by atoms with Crippen molar-refractivity contribution in [3.8, 4) is 11.1 Å². The Morgan fingerprint density at radius 2 is 1.65 bits per heavy atom. The van der Waals surface area contributed by atoms with E-state index in [0.29, 0.717) is 17.4 Å². The maximum absolute atomic E-state index is 12.5. The van der Waals surface area contributed by atoms with Crippen LogP contribution in [0, 0.1) is 5.92 Å². The van der Waals surface area contributed by atoms with Crippen molar-refractivity contribution in [2.75, 3.05) is 12.8 Å². The van der Waals surface area contributed by atoms with Crippen molar-refractivity contribution in [2.24, 2.45) is 5.92 Å². The first-order chi connectivity index (χ1) is 12.0. The number of hydrogen-bond acceptors (Lipinski definition) is 3. The Labute approximate surface area is 156 Å². The molecule has 26 heavy (non-hydrogen) atoms. The van der Waals surface area contributed by atoms with Gasteiger partial charge in [-0.25, -0.2) is 8.42 Å². The van der Waals surface area contributed by atoms with Crippen molar-refractivity contribution >= 4 is 15.7 Å². The van der Waals surface area contributed by atoms with Crippen molar-refractivity contribution in [3.05, 3.63) is 54.1 Å². The van der Waals surface area contributed by atoms with Crippen molar-refractivity contribution in [2.45, 2.75) is 38.0 Å². The van der Waals surface area contributed by atoms with Crippen LogP contribution in [0.2, 0.25) is 0 Å². The second kappa shape index (κ2) is 7.62. The number of carbonyl (C=O) groups is 1. The van der Waals surface area contributed by atoms with Crippen LogP contribution in [0.25, 0.3) is 11.1 Å². The third kappa shape index (κ3) is 4.73. The van der Waals surface area contributed by atoms with Crippen LogP contribution in [0.15, 0.2) is 53.4 Å². The Kier molecular flexibility index (Phi) is 5.91. The van der Waals surface area contributed by atoms with Crippen LogP contribution < -0.4 is 5.32 Å². The lowest BCUT2D eigenvalue weighted by Crippen LogP contribution is -2.41. The molecule has 0 atom stereocenters. The van der Waals surface area contributed by atoms with Crippen molar-refractivity contribution in [1.29, 1.82) is 0 Å². The standard InChI is InChI=1S/C21H27NO3S/c1-15(2)14-22-20(23)21(3,4)18-11-9-16(10-12-18)17-7-6-8-19(13-17)26(5,24)25/h6-13,15H,14H2,1-5H3,(H,22,23). The molecule has 2 aromatic carbocycles. The third-order valence-corrected chi connectivity index (χ3v) is 5.55. The van der Waals surface area contributed by atoms with E-state index in [4.69, 9.17) is 0 Å². The minimum Gasteiger partial charge on any atom is -0.355 e. The van der Waals surface area contributed by atoms with Crippen LogP contribution in [0.3, 0.4) is 0 Å². The Balaban J connectivity index is 2.27. The molecule has 0 aliphatic rings. The molecule has 0 aromatic heterocycles. The van der Waals surface area contributed by atoms with Gasteiger partial charge in [-0.15, -0.1) is 0 Å². The topological polar surface area (TPSA) is 63.2 Å². The lowest BCUT2D eigenvalue weighted by atomic mass is 9.83. The Hall–Kier alpha value is -2.14. The molecule has 0 spiro atoms. The van der Waals surface area contributed by atoms with E-state index in [0.717, 1.165) is 16.7 Å². The van der Waals surface area contributed by atoms with Gasteiger partial charge < -0.3 is 5.32 Å².